The van der Waals surface area contributed by atoms with Gasteiger partial charge in [-0.2, -0.15) is 5.26 Å². The first-order chi connectivity index (χ1) is 12.2. The number of nitrogens with zero attached hydrogens (tertiary/aromatic N) is 1. The summed E-state index contributed by atoms with van der Waals surface area (Å²) in [7, 11) is 0. The SMILES string of the molecule is N#C/C(=C/NCc1ccco1)C(=O)Nc1cccc2c(O)cccc12. The Labute approximate surface area is 144 Å². The van der Waals surface area contributed by atoms with Crippen molar-refractivity contribution in [3.8, 4) is 11.8 Å². The quantitative estimate of drug-likeness (QED) is 0.492. The molecule has 2 aromatic carbocycles. The first-order valence-corrected chi connectivity index (χ1v) is 7.57. The van der Waals surface area contributed by atoms with E-state index in [9.17, 15) is 15.2 Å². The highest BCUT2D eigenvalue weighted by atomic mass is 16.3. The van der Waals surface area contributed by atoms with Gasteiger partial charge in [-0.05, 0) is 24.3 Å². The molecule has 0 spiro atoms. The molecule has 3 N–H and O–H groups in total. The molecule has 0 aliphatic carbocycles. The van der Waals surface area contributed by atoms with Gasteiger partial charge in [-0.1, -0.05) is 24.3 Å². The molecule has 0 saturated carbocycles. The predicted molar refractivity (Wildman–Crippen MR) is 93.5 cm³/mol. The van der Waals surface area contributed by atoms with E-state index in [1.807, 2.05) is 6.07 Å². The number of carbonyl (C=O) groups is 1. The summed E-state index contributed by atoms with van der Waals surface area (Å²) in [5.41, 5.74) is 0.453. The minimum absolute atomic E-state index is 0.0660. The molecule has 0 aliphatic rings. The van der Waals surface area contributed by atoms with Crippen molar-refractivity contribution < 1.29 is 14.3 Å². The van der Waals surface area contributed by atoms with E-state index in [1.54, 1.807) is 54.8 Å². The van der Waals surface area contributed by atoms with Crippen LogP contribution in [0.4, 0.5) is 5.69 Å². The molecule has 1 heterocycles. The zero-order chi connectivity index (χ0) is 17.6. The summed E-state index contributed by atoms with van der Waals surface area (Å²) in [6.45, 7) is 0.369. The topological polar surface area (TPSA) is 98.3 Å². The molecule has 0 fully saturated rings. The average Bonchev–Trinajstić information content (AvgIpc) is 3.13. The van der Waals surface area contributed by atoms with Gasteiger partial charge in [-0.15, -0.1) is 0 Å². The second-order valence-electron chi connectivity index (χ2n) is 5.26. The van der Waals surface area contributed by atoms with Gasteiger partial charge >= 0.3 is 0 Å². The van der Waals surface area contributed by atoms with E-state index in [-0.39, 0.29) is 11.3 Å². The van der Waals surface area contributed by atoms with Crippen LogP contribution in [0, 0.1) is 11.3 Å². The van der Waals surface area contributed by atoms with Gasteiger partial charge < -0.3 is 20.2 Å². The number of carbonyl (C=O) groups excluding carboxylic acids is 1. The smallest absolute Gasteiger partial charge is 0.267 e. The summed E-state index contributed by atoms with van der Waals surface area (Å²) in [6.07, 6.45) is 2.90. The lowest BCUT2D eigenvalue weighted by molar-refractivity contribution is -0.112. The predicted octanol–water partition coefficient (Wildman–Crippen LogP) is 3.27. The molecule has 124 valence electrons. The fourth-order valence-electron chi connectivity index (χ4n) is 2.41. The van der Waals surface area contributed by atoms with Crippen LogP contribution >= 0.6 is 0 Å². The van der Waals surface area contributed by atoms with Crippen LogP contribution in [0.3, 0.4) is 0 Å². The number of rotatable bonds is 5. The molecule has 0 bridgehead atoms. The second kappa shape index (κ2) is 7.23. The highest BCUT2D eigenvalue weighted by Crippen LogP contribution is 2.29. The summed E-state index contributed by atoms with van der Waals surface area (Å²) >= 11 is 0. The molecule has 1 aromatic heterocycles. The average molecular weight is 333 g/mol. The van der Waals surface area contributed by atoms with E-state index < -0.39 is 5.91 Å². The molecule has 6 heteroatoms. The van der Waals surface area contributed by atoms with E-state index in [4.69, 9.17) is 4.42 Å². The lowest BCUT2D eigenvalue weighted by atomic mass is 10.1. The third-order valence-corrected chi connectivity index (χ3v) is 3.62. The monoisotopic (exact) mass is 333 g/mol. The van der Waals surface area contributed by atoms with E-state index in [0.717, 1.165) is 0 Å². The second-order valence-corrected chi connectivity index (χ2v) is 5.26. The third-order valence-electron chi connectivity index (χ3n) is 3.62. The minimum Gasteiger partial charge on any atom is -0.507 e. The van der Waals surface area contributed by atoms with Gasteiger partial charge in [-0.25, -0.2) is 0 Å². The van der Waals surface area contributed by atoms with Crippen molar-refractivity contribution >= 4 is 22.4 Å². The molecule has 0 unspecified atom stereocenters. The van der Waals surface area contributed by atoms with Crippen LogP contribution in [0.5, 0.6) is 5.75 Å². The lowest BCUT2D eigenvalue weighted by Crippen LogP contribution is -2.16. The fourth-order valence-corrected chi connectivity index (χ4v) is 2.41. The van der Waals surface area contributed by atoms with Gasteiger partial charge in [-0.3, -0.25) is 4.79 Å². The first kappa shape index (κ1) is 16.1. The number of aromatic hydroxyl groups is 1. The van der Waals surface area contributed by atoms with Crippen LogP contribution in [0.2, 0.25) is 0 Å². The molecule has 0 saturated heterocycles. The Hall–Kier alpha value is -3.72. The Balaban J connectivity index is 1.76. The highest BCUT2D eigenvalue weighted by Gasteiger charge is 2.12. The van der Waals surface area contributed by atoms with Gasteiger partial charge in [0.2, 0.25) is 0 Å². The normalized spacial score (nSPS) is 11.1. The summed E-state index contributed by atoms with van der Waals surface area (Å²) in [5.74, 6) is 0.286. The maximum atomic E-state index is 12.3. The first-order valence-electron chi connectivity index (χ1n) is 7.57. The van der Waals surface area contributed by atoms with Crippen molar-refractivity contribution in [3.63, 3.8) is 0 Å². The van der Waals surface area contributed by atoms with Crippen molar-refractivity contribution in [1.82, 2.24) is 5.32 Å². The van der Waals surface area contributed by atoms with Crippen molar-refractivity contribution in [3.05, 3.63) is 72.3 Å². The molecular weight excluding hydrogens is 318 g/mol. The lowest BCUT2D eigenvalue weighted by Gasteiger charge is -2.09. The van der Waals surface area contributed by atoms with Crippen LogP contribution in [0.1, 0.15) is 5.76 Å². The van der Waals surface area contributed by atoms with Gasteiger partial charge in [0.25, 0.3) is 5.91 Å². The number of amides is 1. The molecule has 3 aromatic rings. The molecule has 3 rings (SSSR count). The van der Waals surface area contributed by atoms with Crippen LogP contribution in [0.25, 0.3) is 10.8 Å². The molecule has 0 atom stereocenters. The van der Waals surface area contributed by atoms with Crippen molar-refractivity contribution in [2.24, 2.45) is 0 Å². The van der Waals surface area contributed by atoms with Crippen LogP contribution < -0.4 is 10.6 Å². The molecule has 0 aliphatic heterocycles. The number of anilines is 1. The Kier molecular flexibility index (Phi) is 4.67. The van der Waals surface area contributed by atoms with Gasteiger partial charge in [0.15, 0.2) is 0 Å². The number of phenolic OH excluding ortho intramolecular Hbond substituents is 1. The van der Waals surface area contributed by atoms with E-state index in [1.165, 1.54) is 6.20 Å². The summed E-state index contributed by atoms with van der Waals surface area (Å²) in [6, 6.07) is 15.7. The number of phenols is 1. The number of hydrogen-bond donors (Lipinski definition) is 3. The Morgan fingerprint density at radius 3 is 2.72 bits per heavy atom. The van der Waals surface area contributed by atoms with Crippen molar-refractivity contribution in [1.29, 1.82) is 5.26 Å². The standard InChI is InChI=1S/C19H15N3O3/c20-10-13(11-21-12-14-4-3-9-25-14)19(24)22-17-7-1-6-16-15(17)5-2-8-18(16)23/h1-9,11,21,23H,12H2,(H,22,24)/b13-11-. The number of hydrogen-bond acceptors (Lipinski definition) is 5. The summed E-state index contributed by atoms with van der Waals surface area (Å²) in [4.78, 5) is 12.3. The Morgan fingerprint density at radius 2 is 1.96 bits per heavy atom. The van der Waals surface area contributed by atoms with E-state index in [0.29, 0.717) is 28.8 Å². The van der Waals surface area contributed by atoms with Crippen LogP contribution in [-0.2, 0) is 11.3 Å². The van der Waals surface area contributed by atoms with Gasteiger partial charge in [0, 0.05) is 22.7 Å². The molecular formula is C19H15N3O3. The zero-order valence-corrected chi connectivity index (χ0v) is 13.2. The number of furan rings is 1. The van der Waals surface area contributed by atoms with Crippen LogP contribution in [0.15, 0.2) is 71.0 Å². The molecule has 1 amide bonds. The van der Waals surface area contributed by atoms with Gasteiger partial charge in [0.05, 0.1) is 12.8 Å². The van der Waals surface area contributed by atoms with Gasteiger partial charge in [0.1, 0.15) is 23.2 Å². The highest BCUT2D eigenvalue weighted by molar-refractivity contribution is 6.11. The maximum Gasteiger partial charge on any atom is 0.267 e. The van der Waals surface area contributed by atoms with Crippen molar-refractivity contribution in [2.45, 2.75) is 6.54 Å². The Morgan fingerprint density at radius 1 is 1.16 bits per heavy atom. The minimum atomic E-state index is -0.537. The summed E-state index contributed by atoms with van der Waals surface area (Å²) < 4.78 is 5.17. The maximum absolute atomic E-state index is 12.3. The fraction of sp³-hybridized carbons (Fsp3) is 0.0526. The van der Waals surface area contributed by atoms with Crippen LogP contribution in [-0.4, -0.2) is 11.0 Å². The van der Waals surface area contributed by atoms with E-state index >= 15 is 0 Å². The molecule has 0 radical (unpaired) electrons. The number of nitrogens with one attached hydrogen (secondary N) is 2. The van der Waals surface area contributed by atoms with E-state index in [2.05, 4.69) is 10.6 Å². The largest absolute Gasteiger partial charge is 0.507 e. The van der Waals surface area contributed by atoms with Crippen molar-refractivity contribution in [2.75, 3.05) is 5.32 Å². The third kappa shape index (κ3) is 3.62. The number of nitriles is 1. The summed E-state index contributed by atoms with van der Waals surface area (Å²) in [5, 5.41) is 26.0. The number of fused-ring (bicyclic) bond motifs is 1. The number of benzene rings is 2. The zero-order valence-electron chi connectivity index (χ0n) is 13.2. The Bertz CT molecular complexity index is 969. The molecule has 6 nitrogen and oxygen atoms in total. The molecule has 25 heavy (non-hydrogen) atoms.